The number of carbonyl (C=O) groups is 2. The lowest BCUT2D eigenvalue weighted by atomic mass is 9.87. The number of thiophene rings is 1. The van der Waals surface area contributed by atoms with Gasteiger partial charge in [0, 0.05) is 63.3 Å². The van der Waals surface area contributed by atoms with Crippen LogP contribution in [0.1, 0.15) is 103 Å². The van der Waals surface area contributed by atoms with Crippen LogP contribution in [0.25, 0.3) is 5.00 Å². The summed E-state index contributed by atoms with van der Waals surface area (Å²) in [4.78, 5) is 45.8. The molecule has 5 heterocycles. The molecule has 2 aliphatic rings. The number of hydrogen-bond donors (Lipinski definition) is 4. The Labute approximate surface area is 410 Å². The van der Waals surface area contributed by atoms with Gasteiger partial charge in [0.15, 0.2) is 5.82 Å². The van der Waals surface area contributed by atoms with Gasteiger partial charge in [-0.3, -0.25) is 14.4 Å². The molecular weight excluding hydrogens is 909 g/mol. The number of hydrogen-bond acceptors (Lipinski definition) is 10. The van der Waals surface area contributed by atoms with Crippen molar-refractivity contribution in [2.75, 3.05) is 33.9 Å². The molecular formula is C53H55ClFN11O2S. The van der Waals surface area contributed by atoms with Crippen LogP contribution >= 0.6 is 22.9 Å². The molecule has 354 valence electrons. The van der Waals surface area contributed by atoms with E-state index in [1.165, 1.54) is 23.3 Å². The van der Waals surface area contributed by atoms with Gasteiger partial charge >= 0.3 is 6.03 Å². The fraction of sp³-hybridized carbons (Fsp3) is 0.302. The zero-order valence-electron chi connectivity index (χ0n) is 39.5. The van der Waals surface area contributed by atoms with Crippen molar-refractivity contribution in [1.82, 2.24) is 30.0 Å². The molecule has 4 N–H and O–H groups in total. The zero-order chi connectivity index (χ0) is 48.4. The summed E-state index contributed by atoms with van der Waals surface area (Å²) in [7, 11) is 0. The molecule has 0 aliphatic carbocycles. The SMILES string of the molecule is CCCc1cccc(NC(=O)NC2CCN(c3cc(Cc4nnc5n4-c4sc(C)c(C)c4C(c4ccc(Cl)cc4)=NC5CC(=O)Nc4ccc(C(C)(C)C)cc4)nc(Nc4ccc(F)cc4)n3)C2)c1. The molecule has 0 spiro atoms. The summed E-state index contributed by atoms with van der Waals surface area (Å²) >= 11 is 8.02. The number of carbonyl (C=O) groups excluding carboxylic acids is 2. The fourth-order valence-corrected chi connectivity index (χ4v) is 10.1. The number of amides is 3. The molecule has 4 aromatic carbocycles. The van der Waals surface area contributed by atoms with Gasteiger partial charge in [-0.15, -0.1) is 21.5 Å². The minimum absolute atomic E-state index is 0.0000368. The third-order valence-corrected chi connectivity index (χ3v) is 13.9. The smallest absolute Gasteiger partial charge is 0.319 e. The summed E-state index contributed by atoms with van der Waals surface area (Å²) in [5.74, 6) is 1.51. The largest absolute Gasteiger partial charge is 0.354 e. The van der Waals surface area contributed by atoms with E-state index in [-0.39, 0.29) is 42.1 Å². The van der Waals surface area contributed by atoms with Crippen LogP contribution < -0.4 is 26.2 Å². The summed E-state index contributed by atoms with van der Waals surface area (Å²) in [6.45, 7) is 13.9. The normalized spacial score (nSPS) is 15.5. The van der Waals surface area contributed by atoms with Gasteiger partial charge in [0.1, 0.15) is 28.5 Å². The highest BCUT2D eigenvalue weighted by atomic mass is 35.5. The van der Waals surface area contributed by atoms with E-state index in [1.54, 1.807) is 23.5 Å². The lowest BCUT2D eigenvalue weighted by Crippen LogP contribution is -2.39. The van der Waals surface area contributed by atoms with Gasteiger partial charge in [-0.2, -0.15) is 4.98 Å². The first-order valence-electron chi connectivity index (χ1n) is 23.3. The van der Waals surface area contributed by atoms with Crippen molar-refractivity contribution in [1.29, 1.82) is 0 Å². The number of fused-ring (bicyclic) bond motifs is 3. The Morgan fingerprint density at radius 1 is 0.884 bits per heavy atom. The van der Waals surface area contributed by atoms with Gasteiger partial charge in [-0.25, -0.2) is 14.2 Å². The van der Waals surface area contributed by atoms with Gasteiger partial charge in [0.2, 0.25) is 11.9 Å². The Kier molecular flexibility index (Phi) is 13.6. The molecule has 1 saturated heterocycles. The molecule has 13 nitrogen and oxygen atoms in total. The topological polar surface area (TPSA) is 154 Å². The summed E-state index contributed by atoms with van der Waals surface area (Å²) in [5, 5.41) is 23.6. The number of nitrogens with one attached hydrogen (secondary N) is 4. The van der Waals surface area contributed by atoms with Gasteiger partial charge < -0.3 is 26.2 Å². The van der Waals surface area contributed by atoms with Crippen molar-refractivity contribution in [3.8, 4) is 5.00 Å². The van der Waals surface area contributed by atoms with E-state index in [0.717, 1.165) is 50.8 Å². The maximum absolute atomic E-state index is 14.0. The Morgan fingerprint density at radius 2 is 1.64 bits per heavy atom. The molecule has 69 heavy (non-hydrogen) atoms. The van der Waals surface area contributed by atoms with Crippen LogP contribution in [0.15, 0.2) is 108 Å². The van der Waals surface area contributed by atoms with Crippen molar-refractivity contribution in [2.45, 2.75) is 91.1 Å². The van der Waals surface area contributed by atoms with E-state index in [0.29, 0.717) is 65.0 Å². The van der Waals surface area contributed by atoms with Crippen molar-refractivity contribution < 1.29 is 14.0 Å². The average molecular weight is 965 g/mol. The first-order valence-corrected chi connectivity index (χ1v) is 24.5. The molecule has 7 aromatic rings. The van der Waals surface area contributed by atoms with E-state index in [1.807, 2.05) is 77.4 Å². The highest BCUT2D eigenvalue weighted by molar-refractivity contribution is 7.15. The highest BCUT2D eigenvalue weighted by Gasteiger charge is 2.34. The third-order valence-electron chi connectivity index (χ3n) is 12.5. The molecule has 3 amide bonds. The molecule has 2 aliphatic heterocycles. The second-order valence-corrected chi connectivity index (χ2v) is 20.3. The summed E-state index contributed by atoms with van der Waals surface area (Å²) in [6.07, 6.45) is 2.90. The first kappa shape index (κ1) is 47.1. The number of aryl methyl sites for hydroxylation is 2. The van der Waals surface area contributed by atoms with Crippen LogP contribution in [0.4, 0.5) is 38.0 Å². The van der Waals surface area contributed by atoms with Crippen LogP contribution in [-0.4, -0.2) is 61.5 Å². The standard InChI is InChI=1S/C53H55ClFN11O2S/c1-7-9-33-10-8-11-40(26-33)59-52(68)60-41-24-25-65(30-41)44-27-42(58-51(62-44)57-39-22-18-37(55)19-23-39)28-45-63-64-49-43(29-46(67)56-38-20-14-35(15-21-38)53(4,5)6)61-48(34-12-16-36(54)17-13-34)47-31(2)32(3)69-50(47)66(45)49/h8,10-23,26-27,41,43H,7,9,24-25,28-30H2,1-6H3,(H,56,67)(H,57,58,62)(H2,59,60,68). The Morgan fingerprint density at radius 3 is 2.38 bits per heavy atom. The average Bonchev–Trinajstić information content (AvgIpc) is 4.01. The Hall–Kier alpha value is -6.97. The molecule has 0 saturated carbocycles. The summed E-state index contributed by atoms with van der Waals surface area (Å²) in [6, 6.07) is 30.3. The monoisotopic (exact) mass is 963 g/mol. The number of benzene rings is 4. The lowest BCUT2D eigenvalue weighted by molar-refractivity contribution is -0.116. The minimum Gasteiger partial charge on any atom is -0.354 e. The number of rotatable bonds is 13. The van der Waals surface area contributed by atoms with Crippen LogP contribution in [0, 0.1) is 19.7 Å². The second-order valence-electron chi connectivity index (χ2n) is 18.7. The van der Waals surface area contributed by atoms with Crippen LogP contribution in [0.3, 0.4) is 0 Å². The fourth-order valence-electron chi connectivity index (χ4n) is 8.76. The molecule has 0 bridgehead atoms. The number of anilines is 5. The quantitative estimate of drug-likeness (QED) is 0.0891. The van der Waals surface area contributed by atoms with Gasteiger partial charge in [0.05, 0.1) is 24.2 Å². The second kappa shape index (κ2) is 19.9. The predicted octanol–water partition coefficient (Wildman–Crippen LogP) is 11.4. The zero-order valence-corrected chi connectivity index (χ0v) is 41.1. The predicted molar refractivity (Wildman–Crippen MR) is 275 cm³/mol. The van der Waals surface area contributed by atoms with Gasteiger partial charge in [0.25, 0.3) is 0 Å². The molecule has 9 rings (SSSR count). The molecule has 16 heteroatoms. The number of aromatic nitrogens is 5. The van der Waals surface area contributed by atoms with Crippen LogP contribution in [-0.2, 0) is 23.1 Å². The number of urea groups is 1. The summed E-state index contributed by atoms with van der Waals surface area (Å²) < 4.78 is 16.0. The van der Waals surface area contributed by atoms with Crippen molar-refractivity contribution >= 4 is 69.4 Å². The molecule has 3 aromatic heterocycles. The first-order chi connectivity index (χ1) is 33.2. The maximum Gasteiger partial charge on any atom is 0.319 e. The Balaban J connectivity index is 1.04. The van der Waals surface area contributed by atoms with E-state index in [4.69, 9.17) is 36.8 Å². The number of halogens is 2. The van der Waals surface area contributed by atoms with Gasteiger partial charge in [-0.05, 0) is 109 Å². The number of aliphatic imine (C=N–C) groups is 1. The van der Waals surface area contributed by atoms with Crippen molar-refractivity contribution in [2.24, 2.45) is 4.99 Å². The molecule has 2 unspecified atom stereocenters. The Bertz CT molecular complexity index is 3040. The van der Waals surface area contributed by atoms with E-state index >= 15 is 0 Å². The third kappa shape index (κ3) is 10.8. The molecule has 1 fully saturated rings. The minimum atomic E-state index is -0.715. The van der Waals surface area contributed by atoms with Crippen LogP contribution in [0.2, 0.25) is 5.02 Å². The number of nitrogens with zero attached hydrogens (tertiary/aromatic N) is 7. The highest BCUT2D eigenvalue weighted by Crippen LogP contribution is 2.40. The van der Waals surface area contributed by atoms with Crippen molar-refractivity contribution in [3.63, 3.8) is 0 Å². The van der Waals surface area contributed by atoms with E-state index in [9.17, 15) is 14.0 Å². The van der Waals surface area contributed by atoms with Crippen LogP contribution in [0.5, 0.6) is 0 Å². The van der Waals surface area contributed by atoms with E-state index < -0.39 is 6.04 Å². The summed E-state index contributed by atoms with van der Waals surface area (Å²) in [5.41, 5.74) is 8.59. The van der Waals surface area contributed by atoms with Crippen molar-refractivity contribution in [3.05, 3.63) is 164 Å². The maximum atomic E-state index is 14.0. The van der Waals surface area contributed by atoms with E-state index in [2.05, 4.69) is 73.8 Å². The molecule has 0 radical (unpaired) electrons. The molecule has 2 atom stereocenters. The van der Waals surface area contributed by atoms with Gasteiger partial charge in [-0.1, -0.05) is 82.1 Å². The lowest BCUT2D eigenvalue weighted by Gasteiger charge is -2.20.